The Morgan fingerprint density at radius 2 is 1.82 bits per heavy atom. The third kappa shape index (κ3) is 7.66. The second kappa shape index (κ2) is 12.8. The number of rotatable bonds is 8. The lowest BCUT2D eigenvalue weighted by atomic mass is 9.72. The molecule has 0 radical (unpaired) electrons. The lowest BCUT2D eigenvalue weighted by molar-refractivity contribution is -0.385. The summed E-state index contributed by atoms with van der Waals surface area (Å²) in [6.07, 6.45) is 5.83. The van der Waals surface area contributed by atoms with Crippen molar-refractivity contribution in [3.05, 3.63) is 110 Å². The van der Waals surface area contributed by atoms with E-state index in [2.05, 4.69) is 35.9 Å². The van der Waals surface area contributed by atoms with Crippen molar-refractivity contribution in [2.75, 3.05) is 19.6 Å². The molecule has 2 aromatic carbocycles. The third-order valence-corrected chi connectivity index (χ3v) is 9.90. The first-order valence-electron chi connectivity index (χ1n) is 14.6. The molecule has 3 aromatic rings. The fourth-order valence-corrected chi connectivity index (χ4v) is 7.02. The van der Waals surface area contributed by atoms with E-state index in [1.165, 1.54) is 29.7 Å². The molecule has 1 N–H and O–H groups in total. The number of aromatic nitrogens is 1. The minimum absolute atomic E-state index is 0.156. The molecule has 0 fully saturated rings. The van der Waals surface area contributed by atoms with Crippen molar-refractivity contribution in [3.8, 4) is 0 Å². The molecule has 0 saturated carbocycles. The second-order valence-corrected chi connectivity index (χ2v) is 14.4. The summed E-state index contributed by atoms with van der Waals surface area (Å²) in [4.78, 5) is 28.5. The summed E-state index contributed by atoms with van der Waals surface area (Å²) in [5.41, 5.74) is 4.97. The predicted molar refractivity (Wildman–Crippen MR) is 172 cm³/mol. The molecule has 0 unspecified atom stereocenters. The lowest BCUT2D eigenvalue weighted by Gasteiger charge is -2.36. The minimum Gasteiger partial charge on any atom is -0.295 e. The van der Waals surface area contributed by atoms with Crippen LogP contribution in [0.1, 0.15) is 66.8 Å². The van der Waals surface area contributed by atoms with Crippen LogP contribution in [0.25, 0.3) is 11.1 Å². The second-order valence-electron chi connectivity index (χ2n) is 12.3. The van der Waals surface area contributed by atoms with Gasteiger partial charge in [-0.25, -0.2) is 22.5 Å². The van der Waals surface area contributed by atoms with Crippen molar-refractivity contribution in [2.24, 2.45) is 5.41 Å². The number of pyridine rings is 1. The van der Waals surface area contributed by atoms with Crippen molar-refractivity contribution in [1.29, 1.82) is 0 Å². The molecule has 5 rings (SSSR count). The summed E-state index contributed by atoms with van der Waals surface area (Å²) >= 11 is 6.14. The van der Waals surface area contributed by atoms with Crippen molar-refractivity contribution < 1.29 is 22.5 Å². The molecule has 0 spiro atoms. The van der Waals surface area contributed by atoms with Gasteiger partial charge in [-0.1, -0.05) is 55.3 Å². The van der Waals surface area contributed by atoms with E-state index >= 15 is 4.39 Å². The molecule has 0 saturated heterocycles. The van der Waals surface area contributed by atoms with Crippen LogP contribution in [0.4, 0.5) is 10.1 Å². The van der Waals surface area contributed by atoms with Crippen LogP contribution >= 0.6 is 11.6 Å². The molecule has 1 aliphatic carbocycles. The van der Waals surface area contributed by atoms with Gasteiger partial charge >= 0.3 is 0 Å². The zero-order valence-electron chi connectivity index (χ0n) is 25.3. The summed E-state index contributed by atoms with van der Waals surface area (Å²) in [5, 5.41) is 11.8. The van der Waals surface area contributed by atoms with Gasteiger partial charge in [0.05, 0.1) is 4.92 Å². The average molecular weight is 653 g/mol. The van der Waals surface area contributed by atoms with E-state index in [4.69, 9.17) is 11.6 Å². The van der Waals surface area contributed by atoms with Gasteiger partial charge in [-0.2, -0.15) is 0 Å². The summed E-state index contributed by atoms with van der Waals surface area (Å²) in [5.74, 6) is -2.21. The average Bonchev–Trinajstić information content (AvgIpc) is 2.98. The minimum atomic E-state index is -4.62. The first-order valence-corrected chi connectivity index (χ1v) is 16.5. The highest BCUT2D eigenvalue weighted by Crippen LogP contribution is 2.43. The molecular weight excluding hydrogens is 619 g/mol. The normalized spacial score (nSPS) is 17.1. The maximum atomic E-state index is 15.2. The highest BCUT2D eigenvalue weighted by Gasteiger charge is 2.29. The third-order valence-electron chi connectivity index (χ3n) is 8.29. The van der Waals surface area contributed by atoms with Gasteiger partial charge in [0.25, 0.3) is 21.6 Å². The Hall–Kier alpha value is -3.93. The number of carbonyl (C=O) groups excluding carboxylic acids is 1. The zero-order valence-corrected chi connectivity index (χ0v) is 26.8. The van der Waals surface area contributed by atoms with E-state index < -0.39 is 42.9 Å². The van der Waals surface area contributed by atoms with Gasteiger partial charge in [0, 0.05) is 42.5 Å². The van der Waals surface area contributed by atoms with Crippen LogP contribution in [0.2, 0.25) is 5.02 Å². The molecule has 2 aliphatic rings. The first kappa shape index (κ1) is 32.5. The van der Waals surface area contributed by atoms with Gasteiger partial charge < -0.3 is 0 Å². The SMILES string of the molecule is Cc1cc([N+](=O)[O-])cc(C(=O)NS(=O)(=O)c2ccc(C3=CCN(CC4=C(c5ccc(Cl)cc5)CC(C)(C)CC4)CC3)cc2F)n1. The lowest BCUT2D eigenvalue weighted by Crippen LogP contribution is -2.32. The number of carbonyl (C=O) groups is 1. The van der Waals surface area contributed by atoms with E-state index in [1.54, 1.807) is 4.72 Å². The number of aryl methyl sites for hydroxylation is 1. The fraction of sp³-hybridized carbons (Fsp3) is 0.333. The summed E-state index contributed by atoms with van der Waals surface area (Å²) in [7, 11) is -4.62. The molecule has 1 aliphatic heterocycles. The maximum Gasteiger partial charge on any atom is 0.283 e. The van der Waals surface area contributed by atoms with Crippen LogP contribution in [-0.4, -0.2) is 48.8 Å². The number of nitro groups is 1. The number of nitrogens with zero attached hydrogens (tertiary/aromatic N) is 3. The molecule has 0 atom stereocenters. The van der Waals surface area contributed by atoms with Crippen molar-refractivity contribution in [2.45, 2.75) is 51.3 Å². The van der Waals surface area contributed by atoms with Crippen LogP contribution in [-0.2, 0) is 10.0 Å². The van der Waals surface area contributed by atoms with Crippen molar-refractivity contribution in [1.82, 2.24) is 14.6 Å². The maximum absolute atomic E-state index is 15.2. The smallest absolute Gasteiger partial charge is 0.283 e. The van der Waals surface area contributed by atoms with Crippen LogP contribution in [0.15, 0.2) is 71.1 Å². The highest BCUT2D eigenvalue weighted by molar-refractivity contribution is 7.90. The van der Waals surface area contributed by atoms with Gasteiger partial charge in [-0.05, 0) is 84.6 Å². The van der Waals surface area contributed by atoms with E-state index in [9.17, 15) is 23.3 Å². The van der Waals surface area contributed by atoms with Crippen LogP contribution in [0, 0.1) is 28.3 Å². The molecule has 12 heteroatoms. The van der Waals surface area contributed by atoms with Crippen LogP contribution in [0.3, 0.4) is 0 Å². The standard InChI is InChI=1S/C33H34ClFN4O5S/c1-21-16-27(39(41)42)18-30(36-21)32(40)37-45(43,44)31-9-6-24(17-29(31)35)22-11-14-38(15-12-22)20-25-10-13-33(2,3)19-28(25)23-4-7-26(34)8-5-23/h4-9,11,16-18H,10,12-15,19-20H2,1-3H3,(H,37,40). The summed E-state index contributed by atoms with van der Waals surface area (Å²) in [6.45, 7) is 8.30. The Bertz CT molecular complexity index is 1840. The molecule has 9 nitrogen and oxygen atoms in total. The number of sulfonamides is 1. The topological polar surface area (TPSA) is 123 Å². The van der Waals surface area contributed by atoms with E-state index in [0.29, 0.717) is 23.6 Å². The molecule has 45 heavy (non-hydrogen) atoms. The van der Waals surface area contributed by atoms with Gasteiger partial charge in [0.15, 0.2) is 0 Å². The predicted octanol–water partition coefficient (Wildman–Crippen LogP) is 6.96. The zero-order chi connectivity index (χ0) is 32.5. The van der Waals surface area contributed by atoms with Crippen molar-refractivity contribution >= 4 is 44.4 Å². The molecule has 236 valence electrons. The number of hydrogen-bond acceptors (Lipinski definition) is 7. The van der Waals surface area contributed by atoms with Gasteiger partial charge in [0.1, 0.15) is 16.4 Å². The Labute approximate surface area is 267 Å². The Morgan fingerprint density at radius 1 is 1.11 bits per heavy atom. The molecular formula is C33H34ClFN4O5S. The number of benzene rings is 2. The number of allylic oxidation sites excluding steroid dienone is 1. The van der Waals surface area contributed by atoms with Crippen LogP contribution < -0.4 is 4.72 Å². The Kier molecular flexibility index (Phi) is 9.25. The van der Waals surface area contributed by atoms with Gasteiger partial charge in [-0.3, -0.25) is 19.8 Å². The highest BCUT2D eigenvalue weighted by atomic mass is 35.5. The van der Waals surface area contributed by atoms with Gasteiger partial charge in [0.2, 0.25) is 0 Å². The van der Waals surface area contributed by atoms with Crippen molar-refractivity contribution in [3.63, 3.8) is 0 Å². The van der Waals surface area contributed by atoms with E-state index in [1.807, 2.05) is 18.2 Å². The summed E-state index contributed by atoms with van der Waals surface area (Å²) < 4.78 is 42.7. The fourth-order valence-electron chi connectivity index (χ4n) is 5.87. The molecule has 0 bridgehead atoms. The number of hydrogen-bond donors (Lipinski definition) is 1. The number of amides is 1. The summed E-state index contributed by atoms with van der Waals surface area (Å²) in [6, 6.07) is 13.8. The van der Waals surface area contributed by atoms with Crippen LogP contribution in [0.5, 0.6) is 0 Å². The quantitative estimate of drug-likeness (QED) is 0.206. The molecule has 1 aromatic heterocycles. The number of halogens is 2. The molecule has 2 heterocycles. The van der Waals surface area contributed by atoms with E-state index in [0.717, 1.165) is 62.2 Å². The van der Waals surface area contributed by atoms with E-state index in [-0.39, 0.29) is 11.1 Å². The van der Waals surface area contributed by atoms with Gasteiger partial charge in [-0.15, -0.1) is 0 Å². The Balaban J connectivity index is 1.29. The Morgan fingerprint density at radius 3 is 2.47 bits per heavy atom. The monoisotopic (exact) mass is 652 g/mol. The molecule has 1 amide bonds. The largest absolute Gasteiger partial charge is 0.295 e. The number of nitrogens with one attached hydrogen (secondary N) is 1. The first-order chi connectivity index (χ1) is 21.2.